The van der Waals surface area contributed by atoms with Crippen molar-refractivity contribution in [2.45, 2.75) is 30.7 Å². The fourth-order valence-electron chi connectivity index (χ4n) is 4.21. The summed E-state index contributed by atoms with van der Waals surface area (Å²) in [5.74, 6) is -0.254. The zero-order valence-corrected chi connectivity index (χ0v) is 16.5. The molecule has 1 aliphatic carbocycles. The van der Waals surface area contributed by atoms with Gasteiger partial charge in [0.15, 0.2) is 4.77 Å². The van der Waals surface area contributed by atoms with Crippen molar-refractivity contribution in [3.63, 3.8) is 0 Å². The molecule has 0 saturated heterocycles. The van der Waals surface area contributed by atoms with Crippen LogP contribution in [0.1, 0.15) is 29.3 Å². The van der Waals surface area contributed by atoms with Gasteiger partial charge < -0.3 is 14.5 Å². The molecule has 2 aliphatic rings. The Morgan fingerprint density at radius 1 is 1.58 bits per heavy atom. The highest BCUT2D eigenvalue weighted by Gasteiger charge is 2.63. The number of rotatable bonds is 4. The third-order valence-corrected chi connectivity index (χ3v) is 6.50. The van der Waals surface area contributed by atoms with Gasteiger partial charge in [0, 0.05) is 40.8 Å². The summed E-state index contributed by atoms with van der Waals surface area (Å²) in [4.78, 5) is 12.1. The predicted molar refractivity (Wildman–Crippen MR) is 99.7 cm³/mol. The Morgan fingerprint density at radius 3 is 3.08 bits per heavy atom. The van der Waals surface area contributed by atoms with Crippen LogP contribution >= 0.6 is 28.1 Å². The first-order chi connectivity index (χ1) is 12.4. The van der Waals surface area contributed by atoms with E-state index in [4.69, 9.17) is 17.5 Å². The highest BCUT2D eigenvalue weighted by molar-refractivity contribution is 9.10. The van der Waals surface area contributed by atoms with Gasteiger partial charge in [0.2, 0.25) is 5.91 Å². The third kappa shape index (κ3) is 2.45. The lowest BCUT2D eigenvalue weighted by atomic mass is 9.93. The van der Waals surface area contributed by atoms with Crippen LogP contribution in [0.2, 0.25) is 0 Å². The van der Waals surface area contributed by atoms with Crippen molar-refractivity contribution in [3.05, 3.63) is 50.2 Å². The first kappa shape index (κ1) is 17.4. The maximum absolute atomic E-state index is 14.5. The fourth-order valence-corrected chi connectivity index (χ4v) is 4.85. The van der Waals surface area contributed by atoms with Crippen molar-refractivity contribution in [1.82, 2.24) is 14.5 Å². The number of hydrogen-bond donors (Lipinski definition) is 1. The Hall–Kier alpha value is -1.98. The molecule has 4 rings (SSSR count). The maximum atomic E-state index is 14.5. The lowest BCUT2D eigenvalue weighted by Crippen LogP contribution is -2.26. The molecule has 0 spiro atoms. The highest BCUT2D eigenvalue weighted by atomic mass is 79.9. The summed E-state index contributed by atoms with van der Waals surface area (Å²) in [6.07, 6.45) is 1.02. The molecule has 1 saturated carbocycles. The Labute approximate surface area is 163 Å². The molecule has 5 nitrogen and oxygen atoms in total. The average Bonchev–Trinajstić information content (AvgIpc) is 3.17. The molecule has 1 aromatic carbocycles. The van der Waals surface area contributed by atoms with E-state index in [1.165, 1.54) is 6.07 Å². The van der Waals surface area contributed by atoms with Crippen LogP contribution < -0.4 is 5.32 Å². The number of amides is 1. The van der Waals surface area contributed by atoms with E-state index in [9.17, 15) is 9.18 Å². The number of nitrogens with one attached hydrogen (secondary N) is 1. The Bertz CT molecular complexity index is 1040. The topological polar surface area (TPSA) is 62.8 Å². The smallest absolute Gasteiger partial charge is 0.226 e. The number of hydrogen-bond acceptors (Lipinski definition) is 3. The molecule has 1 aliphatic heterocycles. The van der Waals surface area contributed by atoms with Gasteiger partial charge in [-0.05, 0) is 42.4 Å². The quantitative estimate of drug-likeness (QED) is 0.593. The number of nitriles is 1. The fraction of sp³-hybridized carbons (Fsp3) is 0.389. The van der Waals surface area contributed by atoms with Gasteiger partial charge in [-0.15, -0.1) is 0 Å². The van der Waals surface area contributed by atoms with Crippen LogP contribution in [0.15, 0.2) is 22.7 Å². The molecular formula is C18H16BrFN4OS. The van der Waals surface area contributed by atoms with Crippen molar-refractivity contribution in [2.24, 2.45) is 7.05 Å². The zero-order chi connectivity index (χ0) is 18.6. The molecule has 0 bridgehead atoms. The van der Waals surface area contributed by atoms with Gasteiger partial charge in [-0.1, -0.05) is 15.9 Å². The molecule has 2 atom stereocenters. The minimum atomic E-state index is -0.275. The van der Waals surface area contributed by atoms with Crippen LogP contribution in [-0.2, 0) is 30.2 Å². The Morgan fingerprint density at radius 2 is 2.35 bits per heavy atom. The van der Waals surface area contributed by atoms with E-state index in [-0.39, 0.29) is 36.0 Å². The maximum Gasteiger partial charge on any atom is 0.226 e. The largest absolute Gasteiger partial charge is 0.343 e. The summed E-state index contributed by atoms with van der Waals surface area (Å²) in [5, 5.41) is 11.2. The number of aromatic nitrogens is 2. The van der Waals surface area contributed by atoms with E-state index in [0.29, 0.717) is 16.9 Å². The van der Waals surface area contributed by atoms with E-state index in [0.717, 1.165) is 22.3 Å². The second-order valence-electron chi connectivity index (χ2n) is 6.91. The second kappa shape index (κ2) is 6.03. The highest BCUT2D eigenvalue weighted by Crippen LogP contribution is 2.66. The average molecular weight is 435 g/mol. The molecule has 1 amide bonds. The number of benzene rings is 1. The van der Waals surface area contributed by atoms with Gasteiger partial charge in [0.05, 0.1) is 12.5 Å². The standard InChI is InChI=1S/C18H16BrFN4OS/c1-23-14(7-15(25)22-5-4-21)16-12-8-18(12,9-24(16)17(23)26)11-6-10(19)2-3-13(11)20/h2-3,6,12H,5,7-9H2,1H3,(H,22,25)/t12-,18+/m0/s1. The van der Waals surface area contributed by atoms with E-state index in [2.05, 4.69) is 21.2 Å². The van der Waals surface area contributed by atoms with Crippen LogP contribution in [-0.4, -0.2) is 21.6 Å². The number of halogens is 2. The Kier molecular flexibility index (Phi) is 4.04. The predicted octanol–water partition coefficient (Wildman–Crippen LogP) is 3.08. The molecule has 1 N–H and O–H groups in total. The van der Waals surface area contributed by atoms with Crippen molar-refractivity contribution in [2.75, 3.05) is 6.54 Å². The number of imidazole rings is 1. The number of carbonyl (C=O) groups excluding carboxylic acids is 1. The molecule has 2 heterocycles. The third-order valence-electron chi connectivity index (χ3n) is 5.51. The molecular weight excluding hydrogens is 419 g/mol. The van der Waals surface area contributed by atoms with Crippen LogP contribution in [0.25, 0.3) is 0 Å². The minimum absolute atomic E-state index is 0.0179. The first-order valence-electron chi connectivity index (χ1n) is 8.26. The molecule has 26 heavy (non-hydrogen) atoms. The molecule has 2 aromatic rings. The normalized spacial score (nSPS) is 22.5. The van der Waals surface area contributed by atoms with E-state index < -0.39 is 0 Å². The molecule has 1 aromatic heterocycles. The van der Waals surface area contributed by atoms with Gasteiger partial charge in [0.25, 0.3) is 0 Å². The lowest BCUT2D eigenvalue weighted by Gasteiger charge is -2.15. The minimum Gasteiger partial charge on any atom is -0.343 e. The number of fused-ring (bicyclic) bond motifs is 3. The van der Waals surface area contributed by atoms with Crippen LogP contribution in [0.5, 0.6) is 0 Å². The zero-order valence-electron chi connectivity index (χ0n) is 14.1. The lowest BCUT2D eigenvalue weighted by molar-refractivity contribution is -0.120. The SMILES string of the molecule is Cn1c(CC(=O)NCC#N)c2n(c1=S)C[C@@]1(c3cc(Br)ccc3F)C[C@@H]21. The van der Waals surface area contributed by atoms with Gasteiger partial charge in [-0.2, -0.15) is 5.26 Å². The number of nitrogens with zero attached hydrogens (tertiary/aromatic N) is 3. The molecule has 0 radical (unpaired) electrons. The van der Waals surface area contributed by atoms with E-state index in [1.807, 2.05) is 28.3 Å². The summed E-state index contributed by atoms with van der Waals surface area (Å²) in [6, 6.07) is 6.94. The molecule has 134 valence electrons. The van der Waals surface area contributed by atoms with E-state index >= 15 is 0 Å². The molecule has 8 heteroatoms. The molecule has 0 unspecified atom stereocenters. The monoisotopic (exact) mass is 434 g/mol. The summed E-state index contributed by atoms with van der Waals surface area (Å²) in [5.41, 5.74) is 2.31. The van der Waals surface area contributed by atoms with Gasteiger partial charge in [0.1, 0.15) is 12.4 Å². The summed E-state index contributed by atoms with van der Waals surface area (Å²) in [6.45, 7) is 0.614. The number of carbonyl (C=O) groups is 1. The van der Waals surface area contributed by atoms with E-state index in [1.54, 1.807) is 6.07 Å². The van der Waals surface area contributed by atoms with Crippen LogP contribution in [0.4, 0.5) is 4.39 Å². The van der Waals surface area contributed by atoms with Crippen LogP contribution in [0.3, 0.4) is 0 Å². The molecule has 1 fully saturated rings. The summed E-state index contributed by atoms with van der Waals surface area (Å²) >= 11 is 8.98. The Balaban J connectivity index is 1.72. The van der Waals surface area contributed by atoms with Crippen molar-refractivity contribution < 1.29 is 9.18 Å². The van der Waals surface area contributed by atoms with Crippen LogP contribution in [0, 0.1) is 21.9 Å². The summed E-state index contributed by atoms with van der Waals surface area (Å²) < 4.78 is 19.9. The second-order valence-corrected chi connectivity index (χ2v) is 8.19. The van der Waals surface area contributed by atoms with Crippen molar-refractivity contribution >= 4 is 34.1 Å². The van der Waals surface area contributed by atoms with Gasteiger partial charge in [-0.25, -0.2) is 4.39 Å². The van der Waals surface area contributed by atoms with Gasteiger partial charge >= 0.3 is 0 Å². The van der Waals surface area contributed by atoms with Gasteiger partial charge in [-0.3, -0.25) is 4.79 Å². The first-order valence-corrected chi connectivity index (χ1v) is 9.46. The summed E-state index contributed by atoms with van der Waals surface area (Å²) in [7, 11) is 1.85. The van der Waals surface area contributed by atoms with Crippen molar-refractivity contribution in [3.8, 4) is 6.07 Å². The van der Waals surface area contributed by atoms with Crippen molar-refractivity contribution in [1.29, 1.82) is 5.26 Å².